The molecule has 73 heavy (non-hydrogen) atoms. The molecule has 8 nitrogen and oxygen atoms in total. The Balaban J connectivity index is 0.000000158. The number of rotatable bonds is 7. The van der Waals surface area contributed by atoms with E-state index in [1.165, 1.54) is 40.3 Å². The van der Waals surface area contributed by atoms with Crippen LogP contribution in [0.2, 0.25) is 30.1 Å². The van der Waals surface area contributed by atoms with Gasteiger partial charge in [0.05, 0.1) is 52.9 Å². The number of anilines is 4. The second kappa shape index (κ2) is 20.2. The average Bonchev–Trinajstić information content (AvgIpc) is 3.84. The molecular weight excluding hydrogens is 1050 g/mol. The highest BCUT2D eigenvalue weighted by Gasteiger charge is 2.40. The van der Waals surface area contributed by atoms with Gasteiger partial charge in [0.15, 0.2) is 0 Å². The molecule has 4 amide bonds. The summed E-state index contributed by atoms with van der Waals surface area (Å²) in [5.41, 5.74) is 11.5. The van der Waals surface area contributed by atoms with Crippen molar-refractivity contribution in [2.75, 3.05) is 9.80 Å². The van der Waals surface area contributed by atoms with Crippen LogP contribution in [0.15, 0.2) is 109 Å². The summed E-state index contributed by atoms with van der Waals surface area (Å²) in [6.07, 6.45) is 11.0. The number of hydrogen-bond donors (Lipinski definition) is 3. The molecule has 0 aromatic heterocycles. The van der Waals surface area contributed by atoms with Gasteiger partial charge in [-0.2, -0.15) is 0 Å². The lowest BCUT2D eigenvalue weighted by molar-refractivity contribution is 0.166. The fourth-order valence-electron chi connectivity index (χ4n) is 11.7. The van der Waals surface area contributed by atoms with Gasteiger partial charge in [-0.25, -0.2) is 18.4 Å². The number of nitrogens with one attached hydrogen (secondary N) is 3. The molecule has 374 valence electrons. The molecular formula is C57H48Cl6F2N6O2. The molecule has 6 heterocycles. The maximum atomic E-state index is 14.0. The van der Waals surface area contributed by atoms with Crippen LogP contribution < -0.4 is 25.8 Å². The average molecular weight is 1100 g/mol. The van der Waals surface area contributed by atoms with Crippen molar-refractivity contribution in [2.24, 2.45) is 0 Å². The van der Waals surface area contributed by atoms with Crippen LogP contribution in [0.4, 0.5) is 41.1 Å². The summed E-state index contributed by atoms with van der Waals surface area (Å²) in [5.74, 6) is -0.805. The summed E-state index contributed by atoms with van der Waals surface area (Å²) in [6, 6.07) is 28.9. The van der Waals surface area contributed by atoms with Crippen molar-refractivity contribution >= 4 is 116 Å². The summed E-state index contributed by atoms with van der Waals surface area (Å²) < 4.78 is 27.9. The number of urea groups is 2. The summed E-state index contributed by atoms with van der Waals surface area (Å²) in [5, 5.41) is 11.6. The molecule has 0 spiro atoms. The Morgan fingerprint density at radius 3 is 1.49 bits per heavy atom. The molecule has 6 aromatic rings. The molecule has 4 bridgehead atoms. The van der Waals surface area contributed by atoms with Gasteiger partial charge in [-0.3, -0.25) is 14.7 Å². The van der Waals surface area contributed by atoms with Crippen LogP contribution in [-0.2, 0) is 13.1 Å². The minimum absolute atomic E-state index is 0.293. The number of fused-ring (bicyclic) bond motifs is 6. The summed E-state index contributed by atoms with van der Waals surface area (Å²) >= 11 is 39.4. The molecule has 0 radical (unpaired) electrons. The molecule has 3 N–H and O–H groups in total. The molecule has 12 rings (SSSR count). The van der Waals surface area contributed by atoms with Gasteiger partial charge in [0.25, 0.3) is 0 Å². The standard InChI is InChI=1S/C30H27Cl3FN3O.C27H21Cl3FN3O/c1-16(2)36-20-7-8-21(36)11-17(10-20)18-12-23(22-9-6-19(34)14-27(22)33)24-15-35-30(38)37(28(24)13-18)29-25(31)4-3-5-26(29)32;28-22-2-1-3-23(29)26(22)34-25-11-15(14-8-17-5-6-18(9-14)33-17)10-20(21(25)13-32-27(34)35)19-7-4-16(31)12-24(19)30/h3-6,9-10,12-14,16,20-21H,7-8,11,15H2,1-2H3,(H,35,38);1-4,7-8,10-12,17-18,33H,5-6,9,13H2,(H,32,35). The van der Waals surface area contributed by atoms with Crippen LogP contribution in [0, 0.1) is 11.6 Å². The Kier molecular flexibility index (Phi) is 13.8. The number of halogens is 8. The molecule has 4 atom stereocenters. The Labute approximate surface area is 452 Å². The predicted octanol–water partition coefficient (Wildman–Crippen LogP) is 16.6. The van der Waals surface area contributed by atoms with E-state index in [-0.39, 0.29) is 12.1 Å². The SMILES string of the molecule is CC(C)N1C2C=C(c3cc(-c4ccc(F)cc4Cl)c4c(c3)N(c3c(Cl)cccc3Cl)C(=O)NC4)CC1CC2.O=C1NCc2c(-c3ccc(F)cc3Cl)cc(C3=CC4CCC(C3)N4)cc2N1c1c(Cl)cccc1Cl. The van der Waals surface area contributed by atoms with Gasteiger partial charge in [-0.05, 0) is 171 Å². The lowest BCUT2D eigenvalue weighted by Gasteiger charge is -2.38. The molecule has 6 aromatic carbocycles. The number of para-hydroxylation sites is 2. The first-order chi connectivity index (χ1) is 35.1. The van der Waals surface area contributed by atoms with Crippen molar-refractivity contribution in [3.63, 3.8) is 0 Å². The molecule has 2 saturated heterocycles. The van der Waals surface area contributed by atoms with Crippen LogP contribution in [0.3, 0.4) is 0 Å². The van der Waals surface area contributed by atoms with Gasteiger partial charge in [0, 0.05) is 65.6 Å². The summed E-state index contributed by atoms with van der Waals surface area (Å²) in [6.45, 7) is 5.09. The lowest BCUT2D eigenvalue weighted by Crippen LogP contribution is -2.43. The number of carbonyl (C=O) groups excluding carboxylic acids is 2. The minimum Gasteiger partial charge on any atom is -0.333 e. The molecule has 6 aliphatic heterocycles. The molecule has 16 heteroatoms. The number of nitrogens with zero attached hydrogens (tertiary/aromatic N) is 3. The zero-order valence-electron chi connectivity index (χ0n) is 39.6. The zero-order valence-corrected chi connectivity index (χ0v) is 44.2. The van der Waals surface area contributed by atoms with E-state index in [0.717, 1.165) is 71.9 Å². The largest absolute Gasteiger partial charge is 0.333 e. The second-order valence-electron chi connectivity index (χ2n) is 19.6. The molecule has 0 saturated carbocycles. The van der Waals surface area contributed by atoms with Gasteiger partial charge < -0.3 is 16.0 Å². The Morgan fingerprint density at radius 1 is 0.548 bits per heavy atom. The normalized spacial score (nSPS) is 21.0. The maximum Gasteiger partial charge on any atom is 0.326 e. The summed E-state index contributed by atoms with van der Waals surface area (Å²) in [4.78, 5) is 32.2. The fraction of sp³-hybridized carbons (Fsp3) is 0.263. The number of benzene rings is 6. The molecule has 4 unspecified atom stereocenters. The second-order valence-corrected chi connectivity index (χ2v) is 22.0. The van der Waals surface area contributed by atoms with Gasteiger partial charge in [0.1, 0.15) is 11.6 Å². The van der Waals surface area contributed by atoms with Gasteiger partial charge in [-0.15, -0.1) is 0 Å². The van der Waals surface area contributed by atoms with E-state index in [0.29, 0.717) is 107 Å². The Morgan fingerprint density at radius 2 is 1.04 bits per heavy atom. The van der Waals surface area contributed by atoms with Crippen LogP contribution in [0.5, 0.6) is 0 Å². The van der Waals surface area contributed by atoms with Crippen molar-refractivity contribution in [3.05, 3.63) is 173 Å². The van der Waals surface area contributed by atoms with E-state index in [4.69, 9.17) is 69.6 Å². The van der Waals surface area contributed by atoms with E-state index in [9.17, 15) is 18.4 Å². The monoisotopic (exact) mass is 1100 g/mol. The van der Waals surface area contributed by atoms with E-state index in [1.54, 1.807) is 53.4 Å². The third kappa shape index (κ3) is 9.41. The highest BCUT2D eigenvalue weighted by Crippen LogP contribution is 2.50. The number of amides is 4. The lowest BCUT2D eigenvalue weighted by atomic mass is 9.88. The first-order valence-electron chi connectivity index (χ1n) is 24.4. The maximum absolute atomic E-state index is 14.0. The summed E-state index contributed by atoms with van der Waals surface area (Å²) in [7, 11) is 0. The van der Waals surface area contributed by atoms with Crippen LogP contribution in [0.1, 0.15) is 74.6 Å². The fourth-order valence-corrected chi connectivity index (χ4v) is 13.4. The van der Waals surface area contributed by atoms with Gasteiger partial charge in [0.2, 0.25) is 0 Å². The highest BCUT2D eigenvalue weighted by molar-refractivity contribution is 6.41. The van der Waals surface area contributed by atoms with Gasteiger partial charge in [-0.1, -0.05) is 93.9 Å². The first kappa shape index (κ1) is 50.0. The van der Waals surface area contributed by atoms with Crippen LogP contribution in [-0.4, -0.2) is 47.2 Å². The zero-order chi connectivity index (χ0) is 51.0. The van der Waals surface area contributed by atoms with Crippen LogP contribution in [0.25, 0.3) is 33.4 Å². The molecule has 2 fully saturated rings. The minimum atomic E-state index is -0.404. The highest BCUT2D eigenvalue weighted by atomic mass is 35.5. The topological polar surface area (TPSA) is 79.9 Å². The quantitative estimate of drug-likeness (QED) is 0.149. The van der Waals surface area contributed by atoms with Crippen molar-refractivity contribution in [1.82, 2.24) is 20.9 Å². The smallest absolute Gasteiger partial charge is 0.326 e. The third-order valence-electron chi connectivity index (χ3n) is 14.9. The number of hydrogen-bond acceptors (Lipinski definition) is 4. The molecule has 6 aliphatic rings. The predicted molar refractivity (Wildman–Crippen MR) is 294 cm³/mol. The molecule has 0 aliphatic carbocycles. The van der Waals surface area contributed by atoms with E-state index >= 15 is 0 Å². The van der Waals surface area contributed by atoms with Gasteiger partial charge >= 0.3 is 12.1 Å². The van der Waals surface area contributed by atoms with E-state index < -0.39 is 11.6 Å². The number of carbonyl (C=O) groups is 2. The third-order valence-corrected chi connectivity index (χ3v) is 16.7. The first-order valence-corrected chi connectivity index (χ1v) is 26.6. The van der Waals surface area contributed by atoms with E-state index in [2.05, 4.69) is 65.0 Å². The Hall–Kier alpha value is -5.14. The van der Waals surface area contributed by atoms with Crippen LogP contribution >= 0.6 is 69.6 Å². The van der Waals surface area contributed by atoms with Crippen molar-refractivity contribution in [1.29, 1.82) is 0 Å². The van der Waals surface area contributed by atoms with Crippen molar-refractivity contribution < 1.29 is 18.4 Å². The van der Waals surface area contributed by atoms with Crippen molar-refractivity contribution in [2.45, 2.75) is 95.7 Å². The van der Waals surface area contributed by atoms with E-state index in [1.807, 2.05) is 6.07 Å². The Bertz CT molecular complexity index is 3290. The van der Waals surface area contributed by atoms with Crippen molar-refractivity contribution in [3.8, 4) is 22.3 Å².